The molecule has 0 N–H and O–H groups in total. The predicted molar refractivity (Wildman–Crippen MR) is 225 cm³/mol. The Labute approximate surface area is 319 Å². The van der Waals surface area contributed by atoms with E-state index in [0.29, 0.717) is 5.82 Å². The summed E-state index contributed by atoms with van der Waals surface area (Å²) in [5, 5.41) is 2.20. The molecule has 7 aromatic carbocycles. The van der Waals surface area contributed by atoms with Crippen LogP contribution < -0.4 is 0 Å². The molecule has 0 aliphatic heterocycles. The minimum Gasteiger partial charge on any atom is -0.455 e. The number of para-hydroxylation sites is 2. The summed E-state index contributed by atoms with van der Waals surface area (Å²) in [5.74, 6) is 0.662. The normalized spacial score (nSPS) is 11.3. The molecule has 4 nitrogen and oxygen atoms in total. The van der Waals surface area contributed by atoms with Gasteiger partial charge in [0.25, 0.3) is 0 Å². The highest BCUT2D eigenvalue weighted by Gasteiger charge is 2.17. The number of aromatic nitrogens is 3. The fourth-order valence-electron chi connectivity index (χ4n) is 7.39. The van der Waals surface area contributed by atoms with E-state index in [2.05, 4.69) is 145 Å². The van der Waals surface area contributed by atoms with Crippen molar-refractivity contribution < 1.29 is 4.42 Å². The predicted octanol–water partition coefficient (Wildman–Crippen LogP) is 13.4. The first-order chi connectivity index (χ1) is 27.2. The van der Waals surface area contributed by atoms with Crippen LogP contribution >= 0.6 is 0 Å². The van der Waals surface area contributed by atoms with E-state index >= 15 is 0 Å². The first-order valence-corrected chi connectivity index (χ1v) is 18.4. The highest BCUT2D eigenvalue weighted by atomic mass is 16.3. The summed E-state index contributed by atoms with van der Waals surface area (Å²) < 4.78 is 6.56. The number of benzene rings is 7. The molecule has 0 atom stereocenters. The largest absolute Gasteiger partial charge is 0.455 e. The number of rotatable bonds is 7. The molecule has 55 heavy (non-hydrogen) atoms. The van der Waals surface area contributed by atoms with Crippen molar-refractivity contribution in [3.8, 4) is 78.5 Å². The Morgan fingerprint density at radius 1 is 0.327 bits per heavy atom. The van der Waals surface area contributed by atoms with Gasteiger partial charge in [-0.15, -0.1) is 0 Å². The lowest BCUT2D eigenvalue weighted by atomic mass is 9.93. The Balaban J connectivity index is 1.18. The van der Waals surface area contributed by atoms with E-state index in [9.17, 15) is 0 Å². The molecule has 10 rings (SSSR count). The van der Waals surface area contributed by atoms with E-state index in [0.717, 1.165) is 83.5 Å². The van der Waals surface area contributed by atoms with E-state index in [1.165, 1.54) is 11.1 Å². The quantitative estimate of drug-likeness (QED) is 0.166. The second kappa shape index (κ2) is 13.8. The van der Waals surface area contributed by atoms with Gasteiger partial charge in [0.1, 0.15) is 11.2 Å². The van der Waals surface area contributed by atoms with Crippen molar-refractivity contribution in [2.75, 3.05) is 0 Å². The third-order valence-electron chi connectivity index (χ3n) is 10.1. The van der Waals surface area contributed by atoms with E-state index in [4.69, 9.17) is 14.4 Å². The summed E-state index contributed by atoms with van der Waals surface area (Å²) in [4.78, 5) is 15.0. The summed E-state index contributed by atoms with van der Waals surface area (Å²) in [6.45, 7) is 0. The second-order valence-corrected chi connectivity index (χ2v) is 13.6. The lowest BCUT2D eigenvalue weighted by Crippen LogP contribution is -1.97. The zero-order valence-electron chi connectivity index (χ0n) is 29.8. The van der Waals surface area contributed by atoms with Gasteiger partial charge in [-0.3, -0.25) is 4.98 Å². The maximum Gasteiger partial charge on any atom is 0.160 e. The van der Waals surface area contributed by atoms with Crippen molar-refractivity contribution in [1.82, 2.24) is 15.0 Å². The van der Waals surface area contributed by atoms with Crippen LogP contribution in [0.2, 0.25) is 0 Å². The van der Waals surface area contributed by atoms with Gasteiger partial charge in [-0.1, -0.05) is 146 Å². The van der Waals surface area contributed by atoms with Crippen LogP contribution in [-0.2, 0) is 0 Å². The van der Waals surface area contributed by atoms with Crippen molar-refractivity contribution in [3.63, 3.8) is 0 Å². The van der Waals surface area contributed by atoms with Gasteiger partial charge in [-0.2, -0.15) is 0 Å². The fourth-order valence-corrected chi connectivity index (χ4v) is 7.39. The van der Waals surface area contributed by atoms with Crippen LogP contribution in [0.3, 0.4) is 0 Å². The Morgan fingerprint density at radius 2 is 0.873 bits per heavy atom. The summed E-state index contributed by atoms with van der Waals surface area (Å²) in [7, 11) is 0. The van der Waals surface area contributed by atoms with Crippen molar-refractivity contribution in [3.05, 3.63) is 200 Å². The molecular weight excluding hydrogens is 671 g/mol. The maximum absolute atomic E-state index is 6.56. The average Bonchev–Trinajstić information content (AvgIpc) is 3.66. The first-order valence-electron chi connectivity index (χ1n) is 18.4. The molecule has 0 amide bonds. The Morgan fingerprint density at radius 3 is 1.64 bits per heavy atom. The smallest absolute Gasteiger partial charge is 0.160 e. The van der Waals surface area contributed by atoms with Gasteiger partial charge in [0.15, 0.2) is 5.82 Å². The molecule has 0 unspecified atom stereocenters. The third-order valence-corrected chi connectivity index (χ3v) is 10.1. The molecule has 0 saturated carbocycles. The van der Waals surface area contributed by atoms with E-state index < -0.39 is 0 Å². The number of nitrogens with zero attached hydrogens (tertiary/aromatic N) is 3. The number of hydrogen-bond donors (Lipinski definition) is 0. The summed E-state index contributed by atoms with van der Waals surface area (Å²) in [6, 6.07) is 67.3. The first kappa shape index (κ1) is 32.2. The van der Waals surface area contributed by atoms with Crippen LogP contribution in [-0.4, -0.2) is 15.0 Å². The van der Waals surface area contributed by atoms with Crippen molar-refractivity contribution in [2.45, 2.75) is 0 Å². The molecule has 4 heteroatoms. The second-order valence-electron chi connectivity index (χ2n) is 13.6. The number of fused-ring (bicyclic) bond motifs is 3. The molecule has 258 valence electrons. The van der Waals surface area contributed by atoms with Crippen LogP contribution in [0.4, 0.5) is 0 Å². The highest BCUT2D eigenvalue weighted by Crippen LogP contribution is 2.40. The lowest BCUT2D eigenvalue weighted by molar-refractivity contribution is 0.670. The molecule has 0 aliphatic carbocycles. The molecule has 0 radical (unpaired) electrons. The molecule has 3 aromatic heterocycles. The number of hydrogen-bond acceptors (Lipinski definition) is 4. The Kier molecular flexibility index (Phi) is 8.12. The number of pyridine rings is 1. The molecule has 0 aliphatic rings. The minimum absolute atomic E-state index is 0.662. The van der Waals surface area contributed by atoms with Crippen molar-refractivity contribution in [1.29, 1.82) is 0 Å². The monoisotopic (exact) mass is 703 g/mol. The van der Waals surface area contributed by atoms with Crippen LogP contribution in [0.5, 0.6) is 0 Å². The van der Waals surface area contributed by atoms with Crippen LogP contribution in [0.1, 0.15) is 0 Å². The van der Waals surface area contributed by atoms with Gasteiger partial charge < -0.3 is 4.42 Å². The zero-order valence-corrected chi connectivity index (χ0v) is 29.8. The molecule has 0 bridgehead atoms. The maximum atomic E-state index is 6.56. The summed E-state index contributed by atoms with van der Waals surface area (Å²) in [5.41, 5.74) is 14.9. The molecule has 3 heterocycles. The van der Waals surface area contributed by atoms with E-state index in [1.54, 1.807) is 0 Å². The Hall–Kier alpha value is -7.43. The van der Waals surface area contributed by atoms with Gasteiger partial charge in [0.05, 0.1) is 17.1 Å². The van der Waals surface area contributed by atoms with Gasteiger partial charge in [-0.05, 0) is 76.3 Å². The topological polar surface area (TPSA) is 51.8 Å². The molecule has 10 aromatic rings. The molecular formula is C51H33N3O. The van der Waals surface area contributed by atoms with Gasteiger partial charge >= 0.3 is 0 Å². The molecule has 0 spiro atoms. The number of furan rings is 1. The molecule has 0 fully saturated rings. The van der Waals surface area contributed by atoms with Crippen LogP contribution in [0, 0.1) is 0 Å². The fraction of sp³-hybridized carbons (Fsp3) is 0. The summed E-state index contributed by atoms with van der Waals surface area (Å²) >= 11 is 0. The van der Waals surface area contributed by atoms with Crippen LogP contribution in [0.15, 0.2) is 205 Å². The summed E-state index contributed by atoms with van der Waals surface area (Å²) in [6.07, 6.45) is 1.82. The van der Waals surface area contributed by atoms with Gasteiger partial charge in [0.2, 0.25) is 0 Å². The van der Waals surface area contributed by atoms with Gasteiger partial charge in [0, 0.05) is 44.8 Å². The van der Waals surface area contributed by atoms with E-state index in [1.807, 2.05) is 60.8 Å². The SMILES string of the molecule is c1ccc(-c2ccc(-c3cc(-c4cc(-c5cccc(-c6ccccn6)c5)nc(-c5ccccc5)n4)cc(-c4cccc5c4oc4ccccc45)c3)cc2)cc1. The molecule has 0 saturated heterocycles. The average molecular weight is 704 g/mol. The van der Waals surface area contributed by atoms with Crippen molar-refractivity contribution in [2.24, 2.45) is 0 Å². The van der Waals surface area contributed by atoms with Crippen molar-refractivity contribution >= 4 is 21.9 Å². The standard InChI is InChI=1S/C51H33N3O/c1-3-13-34(14-4-1)35-24-26-36(27-25-35)40-30-41(43-20-12-21-45-44-19-7-8-23-49(44)55-50(43)45)32-42(31-40)48-33-47(53-51(54-48)37-15-5-2-6-16-37)39-18-11-17-38(29-39)46-22-9-10-28-52-46/h1-33H. The Bertz CT molecular complexity index is 2950. The lowest BCUT2D eigenvalue weighted by Gasteiger charge is -2.14. The van der Waals surface area contributed by atoms with E-state index in [-0.39, 0.29) is 0 Å². The highest BCUT2D eigenvalue weighted by molar-refractivity contribution is 6.09. The van der Waals surface area contributed by atoms with Gasteiger partial charge in [-0.25, -0.2) is 9.97 Å². The zero-order chi connectivity index (χ0) is 36.6. The van der Waals surface area contributed by atoms with Crippen LogP contribution in [0.25, 0.3) is 100 Å². The minimum atomic E-state index is 0.662. The third kappa shape index (κ3) is 6.26.